The van der Waals surface area contributed by atoms with Gasteiger partial charge < -0.3 is 4.52 Å². The van der Waals surface area contributed by atoms with Gasteiger partial charge in [-0.3, -0.25) is 4.79 Å². The molecular formula is C19H18N4O4S2. The second-order valence-electron chi connectivity index (χ2n) is 6.59. The van der Waals surface area contributed by atoms with Crippen LogP contribution in [0.25, 0.3) is 15.9 Å². The zero-order valence-electron chi connectivity index (χ0n) is 16.2. The van der Waals surface area contributed by atoms with Crippen LogP contribution < -0.4 is 0 Å². The number of aryl methyl sites for hydroxylation is 3. The molecule has 0 aliphatic heterocycles. The standard InChI is InChI=1S/C19H18N4O4S2/c1-11-15-10-16(28-19(15)23(20-11)14-8-6-5-7-9-14)18(24)22(4)29(25,26)17-12(2)21-27-13(17)3/h5-10H,1-4H3. The number of benzene rings is 1. The largest absolute Gasteiger partial charge is 0.360 e. The van der Waals surface area contributed by atoms with Gasteiger partial charge in [0.2, 0.25) is 0 Å². The number of hydrogen-bond donors (Lipinski definition) is 0. The minimum Gasteiger partial charge on any atom is -0.360 e. The van der Waals surface area contributed by atoms with Crippen molar-refractivity contribution in [1.82, 2.24) is 19.2 Å². The quantitative estimate of drug-likeness (QED) is 0.492. The minimum atomic E-state index is -4.09. The van der Waals surface area contributed by atoms with Crippen molar-refractivity contribution >= 4 is 37.5 Å². The number of para-hydroxylation sites is 1. The summed E-state index contributed by atoms with van der Waals surface area (Å²) in [6.07, 6.45) is 0. The first-order valence-electron chi connectivity index (χ1n) is 8.72. The molecule has 10 heteroatoms. The maximum absolute atomic E-state index is 13.0. The molecule has 0 bridgehead atoms. The second-order valence-corrected chi connectivity index (χ2v) is 9.53. The lowest BCUT2D eigenvalue weighted by molar-refractivity contribution is 0.0887. The topological polar surface area (TPSA) is 98.3 Å². The molecule has 0 atom stereocenters. The Bertz CT molecular complexity index is 1310. The van der Waals surface area contributed by atoms with Crippen molar-refractivity contribution < 1.29 is 17.7 Å². The van der Waals surface area contributed by atoms with Crippen molar-refractivity contribution in [2.24, 2.45) is 0 Å². The fraction of sp³-hybridized carbons (Fsp3) is 0.211. The predicted octanol–water partition coefficient (Wildman–Crippen LogP) is 3.46. The van der Waals surface area contributed by atoms with Gasteiger partial charge in [-0.1, -0.05) is 23.4 Å². The molecule has 150 valence electrons. The van der Waals surface area contributed by atoms with Crippen molar-refractivity contribution in [3.05, 3.63) is 58.4 Å². The molecule has 29 heavy (non-hydrogen) atoms. The SMILES string of the molecule is Cc1noc(C)c1S(=O)(=O)N(C)C(=O)c1cc2c(C)nn(-c3ccccc3)c2s1. The van der Waals surface area contributed by atoms with E-state index < -0.39 is 15.9 Å². The van der Waals surface area contributed by atoms with Gasteiger partial charge in [-0.15, -0.1) is 11.3 Å². The lowest BCUT2D eigenvalue weighted by atomic mass is 10.3. The number of thiophene rings is 1. The third-order valence-electron chi connectivity index (χ3n) is 4.63. The Hall–Kier alpha value is -2.98. The number of sulfonamides is 1. The van der Waals surface area contributed by atoms with Gasteiger partial charge in [0.15, 0.2) is 10.7 Å². The summed E-state index contributed by atoms with van der Waals surface area (Å²) in [7, 11) is -2.85. The zero-order valence-corrected chi connectivity index (χ0v) is 17.8. The summed E-state index contributed by atoms with van der Waals surface area (Å²) in [5, 5.41) is 9.03. The first-order chi connectivity index (χ1) is 13.7. The number of carbonyl (C=O) groups excluding carboxylic acids is 1. The molecule has 0 radical (unpaired) electrons. The molecule has 0 saturated heterocycles. The summed E-state index contributed by atoms with van der Waals surface area (Å²) in [4.78, 5) is 14.0. The number of fused-ring (bicyclic) bond motifs is 1. The molecule has 1 aromatic carbocycles. The Morgan fingerprint density at radius 1 is 1.14 bits per heavy atom. The van der Waals surface area contributed by atoms with E-state index in [0.717, 1.165) is 25.9 Å². The first-order valence-corrected chi connectivity index (χ1v) is 11.0. The number of nitrogens with zero attached hydrogens (tertiary/aromatic N) is 4. The summed E-state index contributed by atoms with van der Waals surface area (Å²) in [6.45, 7) is 4.88. The molecule has 0 saturated carbocycles. The van der Waals surface area contributed by atoms with E-state index in [1.54, 1.807) is 10.7 Å². The molecule has 0 N–H and O–H groups in total. The monoisotopic (exact) mass is 430 g/mol. The Balaban J connectivity index is 1.76. The predicted molar refractivity (Wildman–Crippen MR) is 109 cm³/mol. The lowest BCUT2D eigenvalue weighted by Gasteiger charge is -2.16. The normalized spacial score (nSPS) is 11.9. The summed E-state index contributed by atoms with van der Waals surface area (Å²) >= 11 is 1.20. The number of amides is 1. The van der Waals surface area contributed by atoms with Crippen LogP contribution in [0, 0.1) is 20.8 Å². The highest BCUT2D eigenvalue weighted by Gasteiger charge is 2.33. The average Bonchev–Trinajstić information content (AvgIpc) is 3.36. The molecule has 4 rings (SSSR count). The highest BCUT2D eigenvalue weighted by atomic mass is 32.2. The molecule has 1 amide bonds. The van der Waals surface area contributed by atoms with Crippen LogP contribution in [-0.4, -0.2) is 40.6 Å². The van der Waals surface area contributed by atoms with Crippen LogP contribution in [-0.2, 0) is 10.0 Å². The van der Waals surface area contributed by atoms with E-state index in [0.29, 0.717) is 4.88 Å². The van der Waals surface area contributed by atoms with E-state index in [2.05, 4.69) is 10.3 Å². The van der Waals surface area contributed by atoms with Crippen molar-refractivity contribution in [2.75, 3.05) is 7.05 Å². The van der Waals surface area contributed by atoms with Crippen molar-refractivity contribution in [3.8, 4) is 5.69 Å². The highest BCUT2D eigenvalue weighted by molar-refractivity contribution is 7.89. The highest BCUT2D eigenvalue weighted by Crippen LogP contribution is 2.32. The Kier molecular flexibility index (Phi) is 4.55. The number of carbonyl (C=O) groups is 1. The van der Waals surface area contributed by atoms with Crippen molar-refractivity contribution in [2.45, 2.75) is 25.7 Å². The van der Waals surface area contributed by atoms with E-state index in [1.165, 1.54) is 32.2 Å². The molecule has 4 aromatic rings. The van der Waals surface area contributed by atoms with Gasteiger partial charge in [0.05, 0.1) is 16.3 Å². The summed E-state index contributed by atoms with van der Waals surface area (Å²) in [6, 6.07) is 11.2. The van der Waals surface area contributed by atoms with Crippen LogP contribution >= 0.6 is 11.3 Å². The summed E-state index contributed by atoms with van der Waals surface area (Å²) in [5.41, 5.74) is 1.84. The van der Waals surface area contributed by atoms with Crippen LogP contribution in [0.2, 0.25) is 0 Å². The van der Waals surface area contributed by atoms with E-state index in [4.69, 9.17) is 4.52 Å². The van der Waals surface area contributed by atoms with E-state index in [-0.39, 0.29) is 16.3 Å². The number of aromatic nitrogens is 3. The van der Waals surface area contributed by atoms with Crippen molar-refractivity contribution in [3.63, 3.8) is 0 Å². The van der Waals surface area contributed by atoms with E-state index in [1.807, 2.05) is 37.3 Å². The third-order valence-corrected chi connectivity index (χ3v) is 7.71. The van der Waals surface area contributed by atoms with Crippen LogP contribution in [0.1, 0.15) is 26.8 Å². The maximum atomic E-state index is 13.0. The third kappa shape index (κ3) is 3.04. The Labute approximate surface area is 171 Å². The Morgan fingerprint density at radius 3 is 2.45 bits per heavy atom. The maximum Gasteiger partial charge on any atom is 0.277 e. The molecule has 0 aliphatic carbocycles. The van der Waals surface area contributed by atoms with Crippen LogP contribution in [0.4, 0.5) is 0 Å². The zero-order chi connectivity index (χ0) is 20.9. The lowest BCUT2D eigenvalue weighted by Crippen LogP contribution is -2.33. The van der Waals surface area contributed by atoms with Gasteiger partial charge in [0, 0.05) is 12.4 Å². The van der Waals surface area contributed by atoms with Gasteiger partial charge in [-0.05, 0) is 39.0 Å². The smallest absolute Gasteiger partial charge is 0.277 e. The Morgan fingerprint density at radius 2 is 1.83 bits per heavy atom. The molecule has 0 aliphatic rings. The summed E-state index contributed by atoms with van der Waals surface area (Å²) < 4.78 is 33.4. The van der Waals surface area contributed by atoms with Crippen LogP contribution in [0.3, 0.4) is 0 Å². The molecule has 3 aromatic heterocycles. The number of hydrogen-bond acceptors (Lipinski definition) is 7. The van der Waals surface area contributed by atoms with Crippen LogP contribution in [0.5, 0.6) is 0 Å². The fourth-order valence-electron chi connectivity index (χ4n) is 3.14. The van der Waals surface area contributed by atoms with Crippen molar-refractivity contribution in [1.29, 1.82) is 0 Å². The number of rotatable bonds is 4. The first kappa shape index (κ1) is 19.3. The van der Waals surface area contributed by atoms with Gasteiger partial charge in [-0.2, -0.15) is 5.10 Å². The van der Waals surface area contributed by atoms with Gasteiger partial charge >= 0.3 is 0 Å². The second kappa shape index (κ2) is 6.82. The van der Waals surface area contributed by atoms with Gasteiger partial charge in [0.1, 0.15) is 10.5 Å². The average molecular weight is 431 g/mol. The van der Waals surface area contributed by atoms with Gasteiger partial charge in [-0.25, -0.2) is 17.4 Å². The fourth-order valence-corrected chi connectivity index (χ4v) is 5.76. The van der Waals surface area contributed by atoms with Gasteiger partial charge in [0.25, 0.3) is 15.9 Å². The molecule has 8 nitrogen and oxygen atoms in total. The van der Waals surface area contributed by atoms with Crippen LogP contribution in [0.15, 0.2) is 45.8 Å². The molecular weight excluding hydrogens is 412 g/mol. The molecule has 3 heterocycles. The summed E-state index contributed by atoms with van der Waals surface area (Å²) in [5.74, 6) is -0.473. The molecule has 0 fully saturated rings. The molecule has 0 spiro atoms. The van der Waals surface area contributed by atoms with E-state index >= 15 is 0 Å². The van der Waals surface area contributed by atoms with E-state index in [9.17, 15) is 13.2 Å². The molecule has 0 unspecified atom stereocenters. The minimum absolute atomic E-state index is 0.0823.